The molecule has 1 atom stereocenters. The number of allylic oxidation sites excluding steroid dienone is 4. The molecule has 0 radical (unpaired) electrons. The molecule has 328 valence electrons. The Bertz CT molecular complexity index is 3550. The van der Waals surface area contributed by atoms with Crippen LogP contribution in [0.4, 0.5) is 22.7 Å². The molecule has 0 saturated carbocycles. The van der Waals surface area contributed by atoms with E-state index < -0.39 is 0 Å². The molecule has 0 spiro atoms. The number of hydrogen-bond acceptors (Lipinski definition) is 2. The van der Waals surface area contributed by atoms with Gasteiger partial charge in [-0.2, -0.15) is 0 Å². The maximum Gasteiger partial charge on any atom is 0.0464 e. The maximum atomic E-state index is 3.95. The summed E-state index contributed by atoms with van der Waals surface area (Å²) < 4.78 is 0. The monoisotopic (exact) mass is 882 g/mol. The van der Waals surface area contributed by atoms with Gasteiger partial charge in [-0.1, -0.05) is 207 Å². The summed E-state index contributed by atoms with van der Waals surface area (Å²) in [5.74, 6) is 0.398. The lowest BCUT2D eigenvalue weighted by Crippen LogP contribution is -2.07. The van der Waals surface area contributed by atoms with Crippen molar-refractivity contribution in [1.82, 2.24) is 0 Å². The van der Waals surface area contributed by atoms with Crippen LogP contribution in [0.2, 0.25) is 0 Å². The number of fused-ring (bicyclic) bond motifs is 7. The third kappa shape index (κ3) is 8.50. The van der Waals surface area contributed by atoms with Crippen molar-refractivity contribution in [2.75, 3.05) is 10.6 Å². The van der Waals surface area contributed by atoms with Crippen LogP contribution in [0.3, 0.4) is 0 Å². The molecule has 0 amide bonds. The van der Waals surface area contributed by atoms with Gasteiger partial charge in [-0.25, -0.2) is 0 Å². The molecular formula is C67H50N2. The van der Waals surface area contributed by atoms with E-state index in [9.17, 15) is 0 Å². The normalized spacial score (nSPS) is 13.7. The van der Waals surface area contributed by atoms with E-state index in [-0.39, 0.29) is 0 Å². The van der Waals surface area contributed by atoms with Gasteiger partial charge in [-0.3, -0.25) is 0 Å². The molecule has 12 rings (SSSR count). The predicted octanol–water partition coefficient (Wildman–Crippen LogP) is 18.7. The highest BCUT2D eigenvalue weighted by Gasteiger charge is 2.23. The largest absolute Gasteiger partial charge is 0.355 e. The van der Waals surface area contributed by atoms with Gasteiger partial charge in [-0.05, 0) is 150 Å². The Morgan fingerprint density at radius 3 is 1.39 bits per heavy atom. The molecule has 10 aromatic carbocycles. The van der Waals surface area contributed by atoms with Crippen LogP contribution in [0.25, 0.3) is 89.0 Å². The first-order valence-electron chi connectivity index (χ1n) is 24.0. The van der Waals surface area contributed by atoms with E-state index in [1.165, 1.54) is 94.6 Å². The molecule has 0 fully saturated rings. The van der Waals surface area contributed by atoms with Crippen LogP contribution in [0.15, 0.2) is 255 Å². The lowest BCUT2D eigenvalue weighted by molar-refractivity contribution is 0.752. The van der Waals surface area contributed by atoms with Crippen LogP contribution < -0.4 is 10.6 Å². The summed E-state index contributed by atoms with van der Waals surface area (Å²) in [6, 6.07) is 88.0. The Labute approximate surface area is 405 Å². The molecule has 2 aliphatic rings. The van der Waals surface area contributed by atoms with Gasteiger partial charge < -0.3 is 10.6 Å². The van der Waals surface area contributed by atoms with Gasteiger partial charge in [0.05, 0.1) is 0 Å². The molecule has 0 saturated heterocycles. The molecule has 1 heterocycles. The molecule has 69 heavy (non-hydrogen) atoms. The van der Waals surface area contributed by atoms with Gasteiger partial charge in [0.1, 0.15) is 0 Å². The Morgan fingerprint density at radius 1 is 0.348 bits per heavy atom. The van der Waals surface area contributed by atoms with E-state index in [1.807, 2.05) is 0 Å². The van der Waals surface area contributed by atoms with E-state index in [0.717, 1.165) is 34.7 Å². The van der Waals surface area contributed by atoms with Gasteiger partial charge in [-0.15, -0.1) is 0 Å². The van der Waals surface area contributed by atoms with Crippen molar-refractivity contribution in [1.29, 1.82) is 0 Å². The molecule has 1 unspecified atom stereocenters. The zero-order valence-electron chi connectivity index (χ0n) is 38.5. The summed E-state index contributed by atoms with van der Waals surface area (Å²) in [5.41, 5.74) is 26.2. The molecule has 10 aromatic rings. The zero-order valence-corrected chi connectivity index (χ0v) is 38.5. The Kier molecular flexibility index (Phi) is 11.0. The first-order valence-corrected chi connectivity index (χ1v) is 24.0. The third-order valence-corrected chi connectivity index (χ3v) is 13.7. The second kappa shape index (κ2) is 18.2. The van der Waals surface area contributed by atoms with Crippen LogP contribution in [-0.4, -0.2) is 0 Å². The van der Waals surface area contributed by atoms with Crippen LogP contribution in [0, 0.1) is 5.92 Å². The summed E-state index contributed by atoms with van der Waals surface area (Å²) in [6.07, 6.45) is 5.87. The first-order chi connectivity index (χ1) is 34.1. The minimum atomic E-state index is 0.398. The van der Waals surface area contributed by atoms with E-state index >= 15 is 0 Å². The number of hydrogen-bond donors (Lipinski definition) is 2. The van der Waals surface area contributed by atoms with Crippen LogP contribution >= 0.6 is 0 Å². The van der Waals surface area contributed by atoms with Gasteiger partial charge in [0.25, 0.3) is 0 Å². The second-order valence-electron chi connectivity index (χ2n) is 18.4. The van der Waals surface area contributed by atoms with Crippen molar-refractivity contribution in [3.8, 4) is 77.9 Å². The zero-order chi connectivity index (χ0) is 46.1. The number of rotatable bonds is 8. The molecule has 1 aliphatic carbocycles. The number of benzene rings is 10. The maximum absolute atomic E-state index is 3.95. The predicted molar refractivity (Wildman–Crippen MR) is 294 cm³/mol. The van der Waals surface area contributed by atoms with Gasteiger partial charge >= 0.3 is 0 Å². The molecule has 0 aromatic heterocycles. The summed E-state index contributed by atoms with van der Waals surface area (Å²) in [6.45, 7) is 2.34. The Balaban J connectivity index is 0.849. The molecule has 2 bridgehead atoms. The smallest absolute Gasteiger partial charge is 0.0464 e. The average molecular weight is 883 g/mol. The molecule has 1 aliphatic heterocycles. The SMILES string of the molecule is CC1C=C2C=C(C1)c1cc(-c3ccc(-c4ccc(Nc5ccc(-c6cccc(-c7ccccc7)c6)cc5)c(-c5ccccc5)c4)cc3)ccc1Nc1ccc(-c3ccccc3)cc1-c1ccccc12. The van der Waals surface area contributed by atoms with Gasteiger partial charge in [0, 0.05) is 39.4 Å². The van der Waals surface area contributed by atoms with E-state index in [0.29, 0.717) is 5.92 Å². The Morgan fingerprint density at radius 2 is 0.783 bits per heavy atom. The van der Waals surface area contributed by atoms with E-state index in [4.69, 9.17) is 0 Å². The summed E-state index contributed by atoms with van der Waals surface area (Å²) in [4.78, 5) is 0. The van der Waals surface area contributed by atoms with Crippen molar-refractivity contribution in [2.24, 2.45) is 5.92 Å². The fourth-order valence-electron chi connectivity index (χ4n) is 10.2. The van der Waals surface area contributed by atoms with E-state index in [1.54, 1.807) is 0 Å². The lowest BCUT2D eigenvalue weighted by atomic mass is 9.81. The van der Waals surface area contributed by atoms with Gasteiger partial charge in [0.15, 0.2) is 0 Å². The van der Waals surface area contributed by atoms with Crippen LogP contribution in [0.5, 0.6) is 0 Å². The van der Waals surface area contributed by atoms with Crippen molar-refractivity contribution in [2.45, 2.75) is 13.3 Å². The molecule has 2 heteroatoms. The summed E-state index contributed by atoms with van der Waals surface area (Å²) >= 11 is 0. The highest BCUT2D eigenvalue weighted by atomic mass is 14.9. The second-order valence-corrected chi connectivity index (χ2v) is 18.4. The topological polar surface area (TPSA) is 24.1 Å². The van der Waals surface area contributed by atoms with Crippen molar-refractivity contribution < 1.29 is 0 Å². The molecule has 2 nitrogen and oxygen atoms in total. The van der Waals surface area contributed by atoms with Crippen molar-refractivity contribution >= 4 is 33.9 Å². The highest BCUT2D eigenvalue weighted by molar-refractivity contribution is 5.99. The van der Waals surface area contributed by atoms with Crippen LogP contribution in [0.1, 0.15) is 24.5 Å². The highest BCUT2D eigenvalue weighted by Crippen LogP contribution is 2.46. The summed E-state index contributed by atoms with van der Waals surface area (Å²) in [7, 11) is 0. The summed E-state index contributed by atoms with van der Waals surface area (Å²) in [5, 5.41) is 7.71. The lowest BCUT2D eigenvalue weighted by Gasteiger charge is -2.26. The standard InChI is InChI=1S/C67H50N2/c1-45-38-57-41-58(39-45)63-43-55(31-36-66(63)69-67-37-32-56(47-16-7-3-8-17-47)44-64(67)61-23-12-11-22-60(57)61)49-26-24-48(25-27-49)54-30-35-65(62(42-54)51-18-9-4-10-19-51)68-59-33-28-50(29-34-59)53-21-13-20-52(40-53)46-14-5-2-6-15-46/h2-38,40-45,68-69H,39H2,1H3. The van der Waals surface area contributed by atoms with Gasteiger partial charge in [0.2, 0.25) is 0 Å². The first kappa shape index (κ1) is 41.7. The minimum Gasteiger partial charge on any atom is -0.355 e. The quantitative estimate of drug-likeness (QED) is 0.159. The number of nitrogens with one attached hydrogen (secondary N) is 2. The van der Waals surface area contributed by atoms with Crippen molar-refractivity contribution in [3.63, 3.8) is 0 Å². The molecular weight excluding hydrogens is 833 g/mol. The average Bonchev–Trinajstić information content (AvgIpc) is 3.42. The fourth-order valence-corrected chi connectivity index (χ4v) is 10.2. The van der Waals surface area contributed by atoms with E-state index in [2.05, 4.69) is 272 Å². The fraction of sp³-hybridized carbons (Fsp3) is 0.0448. The third-order valence-electron chi connectivity index (χ3n) is 13.7. The molecule has 2 N–H and O–H groups in total. The van der Waals surface area contributed by atoms with Crippen LogP contribution in [-0.2, 0) is 0 Å². The minimum absolute atomic E-state index is 0.398. The van der Waals surface area contributed by atoms with Crippen molar-refractivity contribution in [3.05, 3.63) is 266 Å². The Hall–Kier alpha value is -8.72. The number of anilines is 4.